The van der Waals surface area contributed by atoms with Crippen molar-refractivity contribution >= 4 is 35.1 Å². The Hall–Kier alpha value is -7.56. The number of benzene rings is 3. The Bertz CT molecular complexity index is 2940. The van der Waals surface area contributed by atoms with E-state index in [9.17, 15) is 29.4 Å². The van der Waals surface area contributed by atoms with Crippen LogP contribution in [-0.4, -0.2) is 74.2 Å². The first-order valence-electron chi connectivity index (χ1n) is 25.6. The Morgan fingerprint density at radius 3 is 2.13 bits per heavy atom. The molecule has 16 nitrogen and oxygen atoms in total. The molecule has 6 aromatic rings. The van der Waals surface area contributed by atoms with Crippen LogP contribution in [0.25, 0.3) is 17.0 Å². The zero-order valence-corrected chi connectivity index (χ0v) is 43.7. The summed E-state index contributed by atoms with van der Waals surface area (Å²) in [5, 5.41) is 32.0. The molecular weight excluding hydrogens is 955 g/mol. The largest absolute Gasteiger partial charge is 0.489 e. The van der Waals surface area contributed by atoms with E-state index in [0.29, 0.717) is 41.2 Å². The van der Waals surface area contributed by atoms with Gasteiger partial charge >= 0.3 is 17.8 Å². The number of pyridine rings is 2. The van der Waals surface area contributed by atoms with Gasteiger partial charge in [0.1, 0.15) is 42.5 Å². The van der Waals surface area contributed by atoms with Crippen LogP contribution in [0.2, 0.25) is 0 Å². The number of hydrogen-bond donors (Lipinski definition) is 5. The highest BCUT2D eigenvalue weighted by Gasteiger charge is 2.40. The van der Waals surface area contributed by atoms with Gasteiger partial charge in [-0.05, 0) is 99.4 Å². The van der Waals surface area contributed by atoms with Crippen LogP contribution in [0.4, 0.5) is 9.59 Å². The number of alkyl carbamates (subject to hydrolysis) is 2. The molecule has 2 aliphatic rings. The molecule has 3 aromatic carbocycles. The van der Waals surface area contributed by atoms with Gasteiger partial charge in [-0.1, -0.05) is 107 Å². The quantitative estimate of drug-likeness (QED) is 0.0508. The maximum absolute atomic E-state index is 13.7. The van der Waals surface area contributed by atoms with Gasteiger partial charge in [-0.25, -0.2) is 14.4 Å². The number of hydrogen-bond acceptors (Lipinski definition) is 13. The fourth-order valence-electron chi connectivity index (χ4n) is 9.12. The Labute approximate surface area is 437 Å². The van der Waals surface area contributed by atoms with Crippen LogP contribution < -0.4 is 31.0 Å². The van der Waals surface area contributed by atoms with E-state index in [1.807, 2.05) is 120 Å². The first-order chi connectivity index (χ1) is 36.0. The molecule has 0 fully saturated rings. The van der Waals surface area contributed by atoms with E-state index in [1.165, 1.54) is 6.07 Å². The molecule has 2 aliphatic heterocycles. The van der Waals surface area contributed by atoms with E-state index in [-0.39, 0.29) is 37.6 Å². The van der Waals surface area contributed by atoms with Crippen LogP contribution >= 0.6 is 0 Å². The van der Waals surface area contributed by atoms with Crippen molar-refractivity contribution in [2.45, 2.75) is 136 Å². The molecular formula is C59H69N5O11. The predicted octanol–water partition coefficient (Wildman–Crippen LogP) is 9.12. The fraction of sp³-hybridized carbons (Fsp3) is 0.390. The third-order valence-electron chi connectivity index (χ3n) is 13.3. The average Bonchev–Trinajstić information content (AvgIpc) is 3.39. The summed E-state index contributed by atoms with van der Waals surface area (Å²) in [7, 11) is 0. The smallest absolute Gasteiger partial charge is 0.408 e. The molecule has 8 rings (SSSR count). The minimum Gasteiger partial charge on any atom is -0.489 e. The SMILES string of the molecule is CC(C)[C@H](NC(=O)OCc1ccccn1)C(=O)N[C@@H](Cc1ccccc1)[C@@H](O)C[C@H](Cc1ccccc1)NC(=O)OCc1cccnc1.CCCc1cc(=O)oc2c3c(c4c(c12)OC(C)(C)C=C4)O[C@H](C)[C@@H](C)[C@@H]3O. The van der Waals surface area contributed by atoms with Gasteiger partial charge in [-0.2, -0.15) is 0 Å². The van der Waals surface area contributed by atoms with Crippen molar-refractivity contribution in [3.63, 3.8) is 0 Å². The average molecular weight is 1020 g/mol. The minimum atomic E-state index is -1.08. The fourth-order valence-corrected chi connectivity index (χ4v) is 9.12. The highest BCUT2D eigenvalue weighted by Crippen LogP contribution is 2.52. The number of nitrogens with one attached hydrogen (secondary N) is 3. The van der Waals surface area contributed by atoms with Gasteiger partial charge in [0.15, 0.2) is 5.58 Å². The Kier molecular flexibility index (Phi) is 18.8. The summed E-state index contributed by atoms with van der Waals surface area (Å²) in [5.74, 6) is 0.340. The predicted molar refractivity (Wildman–Crippen MR) is 285 cm³/mol. The molecule has 5 N–H and O–H groups in total. The van der Waals surface area contributed by atoms with Crippen LogP contribution in [0.1, 0.15) is 106 Å². The van der Waals surface area contributed by atoms with Crippen LogP contribution in [0.15, 0.2) is 131 Å². The summed E-state index contributed by atoms with van der Waals surface area (Å²) in [4.78, 5) is 59.7. The highest BCUT2D eigenvalue weighted by molar-refractivity contribution is 5.97. The molecule has 0 saturated heterocycles. The molecule has 0 saturated carbocycles. The highest BCUT2D eigenvalue weighted by atomic mass is 16.6. The number of amides is 3. The summed E-state index contributed by atoms with van der Waals surface area (Å²) in [6.07, 6.45) is 7.88. The second kappa shape index (κ2) is 25.6. The molecule has 0 radical (unpaired) electrons. The van der Waals surface area contributed by atoms with Crippen molar-refractivity contribution in [2.24, 2.45) is 11.8 Å². The van der Waals surface area contributed by atoms with Crippen LogP contribution in [0, 0.1) is 11.8 Å². The van der Waals surface area contributed by atoms with Crippen molar-refractivity contribution in [3.8, 4) is 11.5 Å². The zero-order valence-electron chi connectivity index (χ0n) is 43.7. The van der Waals surface area contributed by atoms with Gasteiger partial charge in [0.05, 0.1) is 40.5 Å². The first-order valence-corrected chi connectivity index (χ1v) is 25.6. The van der Waals surface area contributed by atoms with Crippen molar-refractivity contribution in [1.82, 2.24) is 25.9 Å². The summed E-state index contributed by atoms with van der Waals surface area (Å²) < 4.78 is 28.9. The topological polar surface area (TPSA) is 221 Å². The van der Waals surface area contributed by atoms with Crippen molar-refractivity contribution in [2.75, 3.05) is 0 Å². The third-order valence-corrected chi connectivity index (χ3v) is 13.3. The molecule has 0 bridgehead atoms. The normalized spacial score (nSPS) is 17.8. The third kappa shape index (κ3) is 14.8. The van der Waals surface area contributed by atoms with E-state index >= 15 is 0 Å². The maximum Gasteiger partial charge on any atom is 0.408 e. The minimum absolute atomic E-state index is 0.0425. The molecule has 3 aromatic heterocycles. The van der Waals surface area contributed by atoms with Crippen LogP contribution in [-0.2, 0) is 46.7 Å². The second-order valence-electron chi connectivity index (χ2n) is 20.0. The van der Waals surface area contributed by atoms with Gasteiger partial charge in [0.2, 0.25) is 5.91 Å². The molecule has 0 spiro atoms. The van der Waals surface area contributed by atoms with Gasteiger partial charge in [-0.15, -0.1) is 0 Å². The van der Waals surface area contributed by atoms with E-state index in [2.05, 4.69) is 32.8 Å². The number of carbonyl (C=O) groups excluding carboxylic acids is 3. The Morgan fingerprint density at radius 1 is 0.813 bits per heavy atom. The lowest BCUT2D eigenvalue weighted by Gasteiger charge is -2.37. The first kappa shape index (κ1) is 55.2. The van der Waals surface area contributed by atoms with E-state index < -0.39 is 59.7 Å². The molecule has 75 heavy (non-hydrogen) atoms. The number of rotatable bonds is 18. The molecule has 16 heteroatoms. The van der Waals surface area contributed by atoms with Crippen molar-refractivity contribution in [1.29, 1.82) is 0 Å². The lowest BCUT2D eigenvalue weighted by Crippen LogP contribution is -2.56. The summed E-state index contributed by atoms with van der Waals surface area (Å²) >= 11 is 0. The number of carbonyl (C=O) groups is 3. The molecule has 3 amide bonds. The van der Waals surface area contributed by atoms with E-state index in [0.717, 1.165) is 46.0 Å². The van der Waals surface area contributed by atoms with Crippen LogP contribution in [0.3, 0.4) is 0 Å². The monoisotopic (exact) mass is 1020 g/mol. The molecule has 396 valence electrons. The van der Waals surface area contributed by atoms with Gasteiger partial charge < -0.3 is 49.5 Å². The van der Waals surface area contributed by atoms with Gasteiger partial charge in [0.25, 0.3) is 0 Å². The summed E-state index contributed by atoms with van der Waals surface area (Å²) in [5.41, 5.74) is 4.89. The summed E-state index contributed by atoms with van der Waals surface area (Å²) in [6, 6.07) is 27.2. The second-order valence-corrected chi connectivity index (χ2v) is 20.0. The lowest BCUT2D eigenvalue weighted by atomic mass is 9.85. The van der Waals surface area contributed by atoms with Gasteiger partial charge in [-0.3, -0.25) is 14.8 Å². The van der Waals surface area contributed by atoms with E-state index in [4.69, 9.17) is 23.4 Å². The number of aliphatic hydroxyl groups excluding tert-OH is 2. The standard InChI is InChI=1S/C37H43N5O6.C22H26O5/c1-26(2)34(42-37(46)48-25-30-17-9-10-19-39-30)35(44)41-32(21-28-14-7-4-8-15-28)33(43)22-31(20-27-12-5-3-6-13-27)40-36(45)47-24-29-16-11-18-38-23-29;1-6-7-13-10-15(23)26-21-16(13)20-14(8-9-22(4,5)27-20)19-17(21)18(24)11(2)12(3)25-19/h3-19,23,26,31-34,43H,20-22,24-25H2,1-2H3,(H,40,45)(H,41,44)(H,42,46);8-12,18,24H,6-7H2,1-5H3/t31-,32-,33-,34-;11-,12-,18+/m01/s1. The summed E-state index contributed by atoms with van der Waals surface area (Å²) in [6.45, 7) is 13.5. The molecule has 0 unspecified atom stereocenters. The number of ether oxygens (including phenoxy) is 4. The Morgan fingerprint density at radius 2 is 1.48 bits per heavy atom. The molecule has 7 atom stereocenters. The maximum atomic E-state index is 13.7. The van der Waals surface area contributed by atoms with Crippen molar-refractivity contribution in [3.05, 3.63) is 171 Å². The zero-order chi connectivity index (χ0) is 53.6. The molecule has 0 aliphatic carbocycles. The van der Waals surface area contributed by atoms with Crippen molar-refractivity contribution < 1.29 is 48.0 Å². The number of aromatic nitrogens is 2. The number of aryl methyl sites for hydroxylation is 1. The van der Waals surface area contributed by atoms with Crippen LogP contribution in [0.5, 0.6) is 11.5 Å². The number of fused-ring (bicyclic) bond motifs is 6. The number of aliphatic hydroxyl groups is 2. The van der Waals surface area contributed by atoms with E-state index in [1.54, 1.807) is 42.9 Å². The van der Waals surface area contributed by atoms with Gasteiger partial charge in [0, 0.05) is 42.2 Å². The lowest BCUT2D eigenvalue weighted by molar-refractivity contribution is -0.125. The molecule has 5 heterocycles. The Balaban J connectivity index is 0.000000255. The number of nitrogens with zero attached hydrogens (tertiary/aromatic N) is 2.